The zero-order valence-corrected chi connectivity index (χ0v) is 8.96. The summed E-state index contributed by atoms with van der Waals surface area (Å²) in [6, 6.07) is 4.00. The number of aliphatic imine (C=N–C) groups is 1. The van der Waals surface area contributed by atoms with Crippen LogP contribution in [0.2, 0.25) is 0 Å². The quantitative estimate of drug-likeness (QED) is 0.585. The van der Waals surface area contributed by atoms with Crippen molar-refractivity contribution < 1.29 is 18.3 Å². The van der Waals surface area contributed by atoms with E-state index in [0.29, 0.717) is 11.3 Å². The molecule has 0 heterocycles. The van der Waals surface area contributed by atoms with E-state index in [9.17, 15) is 13.6 Å². The van der Waals surface area contributed by atoms with Crippen molar-refractivity contribution >= 4 is 6.08 Å². The molecule has 1 aromatic rings. The minimum Gasteiger partial charge on any atom is -0.496 e. The minimum atomic E-state index is -2.92. The lowest BCUT2D eigenvalue weighted by atomic mass is 10.1. The second kappa shape index (κ2) is 4.86. The van der Waals surface area contributed by atoms with Crippen LogP contribution in [0.1, 0.15) is 18.1 Å². The van der Waals surface area contributed by atoms with Crippen LogP contribution in [-0.2, 0) is 17.3 Å². The standard InChI is InChI=1S/C11H11F2NO2/c1-11(12,13)9-3-4-10(16-2)8(5-9)6-14-7-15/h3-5H,6H2,1-2H3. The highest BCUT2D eigenvalue weighted by molar-refractivity contribution is 5.40. The fourth-order valence-electron chi connectivity index (χ4n) is 1.29. The van der Waals surface area contributed by atoms with Gasteiger partial charge in [0, 0.05) is 18.1 Å². The molecule has 1 aromatic carbocycles. The Morgan fingerprint density at radius 3 is 2.69 bits per heavy atom. The molecule has 0 N–H and O–H groups in total. The first-order valence-electron chi connectivity index (χ1n) is 4.58. The van der Waals surface area contributed by atoms with Gasteiger partial charge in [-0.05, 0) is 18.2 Å². The van der Waals surface area contributed by atoms with Crippen molar-refractivity contribution in [1.29, 1.82) is 0 Å². The molecule has 16 heavy (non-hydrogen) atoms. The predicted molar refractivity (Wildman–Crippen MR) is 54.4 cm³/mol. The van der Waals surface area contributed by atoms with Crippen LogP contribution >= 0.6 is 0 Å². The van der Waals surface area contributed by atoms with Gasteiger partial charge < -0.3 is 4.74 Å². The summed E-state index contributed by atoms with van der Waals surface area (Å²) in [5.41, 5.74) is 0.300. The third kappa shape index (κ3) is 2.87. The molecule has 0 unspecified atom stereocenters. The Labute approximate surface area is 91.8 Å². The smallest absolute Gasteiger partial charge is 0.270 e. The van der Waals surface area contributed by atoms with Gasteiger partial charge >= 0.3 is 0 Å². The normalized spacial score (nSPS) is 10.8. The van der Waals surface area contributed by atoms with E-state index in [1.165, 1.54) is 31.4 Å². The maximum atomic E-state index is 13.0. The van der Waals surface area contributed by atoms with Gasteiger partial charge in [0.1, 0.15) is 5.75 Å². The molecule has 5 heteroatoms. The van der Waals surface area contributed by atoms with Gasteiger partial charge in [0.05, 0.1) is 13.7 Å². The largest absolute Gasteiger partial charge is 0.496 e. The molecule has 3 nitrogen and oxygen atoms in total. The Bertz CT molecular complexity index is 420. The molecule has 0 aliphatic rings. The highest BCUT2D eigenvalue weighted by Crippen LogP contribution is 2.31. The summed E-state index contributed by atoms with van der Waals surface area (Å²) in [6.45, 7) is 0.790. The lowest BCUT2D eigenvalue weighted by Crippen LogP contribution is -2.07. The second-order valence-corrected chi connectivity index (χ2v) is 3.32. The Morgan fingerprint density at radius 1 is 1.50 bits per heavy atom. The number of isocyanates is 1. The van der Waals surface area contributed by atoms with Crippen LogP contribution in [0.3, 0.4) is 0 Å². The zero-order chi connectivity index (χ0) is 12.2. The van der Waals surface area contributed by atoms with Crippen LogP contribution in [0.15, 0.2) is 23.2 Å². The van der Waals surface area contributed by atoms with E-state index < -0.39 is 5.92 Å². The average Bonchev–Trinajstić information content (AvgIpc) is 2.24. The maximum Gasteiger partial charge on any atom is 0.270 e. The average molecular weight is 227 g/mol. The SMILES string of the molecule is COc1ccc(C(C)(F)F)cc1CN=C=O. The van der Waals surface area contributed by atoms with E-state index >= 15 is 0 Å². The summed E-state index contributed by atoms with van der Waals surface area (Å²) in [7, 11) is 1.42. The monoisotopic (exact) mass is 227 g/mol. The van der Waals surface area contributed by atoms with E-state index in [0.717, 1.165) is 6.92 Å². The van der Waals surface area contributed by atoms with Gasteiger partial charge in [-0.2, -0.15) is 0 Å². The molecule has 0 aromatic heterocycles. The predicted octanol–water partition coefficient (Wildman–Crippen LogP) is 2.64. The number of benzene rings is 1. The van der Waals surface area contributed by atoms with Crippen molar-refractivity contribution in [3.63, 3.8) is 0 Å². The summed E-state index contributed by atoms with van der Waals surface area (Å²) in [5.74, 6) is -2.50. The van der Waals surface area contributed by atoms with E-state index in [4.69, 9.17) is 4.74 Å². The summed E-state index contributed by atoms with van der Waals surface area (Å²) in [5, 5.41) is 0. The van der Waals surface area contributed by atoms with Crippen molar-refractivity contribution in [3.8, 4) is 5.75 Å². The summed E-state index contributed by atoms with van der Waals surface area (Å²) < 4.78 is 31.1. The first-order valence-corrected chi connectivity index (χ1v) is 4.58. The van der Waals surface area contributed by atoms with Crippen molar-refractivity contribution in [2.45, 2.75) is 19.4 Å². The third-order valence-electron chi connectivity index (χ3n) is 2.10. The van der Waals surface area contributed by atoms with Gasteiger partial charge in [-0.3, -0.25) is 0 Å². The topological polar surface area (TPSA) is 38.7 Å². The molecule has 0 fully saturated rings. The number of methoxy groups -OCH3 is 1. The highest BCUT2D eigenvalue weighted by atomic mass is 19.3. The third-order valence-corrected chi connectivity index (χ3v) is 2.10. The summed E-state index contributed by atoms with van der Waals surface area (Å²) in [6.07, 6.45) is 1.36. The zero-order valence-electron chi connectivity index (χ0n) is 8.96. The Balaban J connectivity index is 3.15. The van der Waals surface area contributed by atoms with E-state index in [1.807, 2.05) is 0 Å². The number of hydrogen-bond acceptors (Lipinski definition) is 3. The van der Waals surface area contributed by atoms with Crippen LogP contribution in [0, 0.1) is 0 Å². The number of nitrogens with zero attached hydrogens (tertiary/aromatic N) is 1. The Hall–Kier alpha value is -1.74. The van der Waals surface area contributed by atoms with Gasteiger partial charge in [-0.15, -0.1) is 0 Å². The van der Waals surface area contributed by atoms with Gasteiger partial charge in [0.2, 0.25) is 6.08 Å². The minimum absolute atomic E-state index is 0.0173. The molecule has 0 aliphatic heterocycles. The number of hydrogen-bond donors (Lipinski definition) is 0. The van der Waals surface area contributed by atoms with Crippen LogP contribution in [0.5, 0.6) is 5.75 Å². The van der Waals surface area contributed by atoms with Crippen molar-refractivity contribution in [2.75, 3.05) is 7.11 Å². The fourth-order valence-corrected chi connectivity index (χ4v) is 1.29. The van der Waals surface area contributed by atoms with Crippen molar-refractivity contribution in [1.82, 2.24) is 0 Å². The maximum absolute atomic E-state index is 13.0. The molecule has 0 bridgehead atoms. The molecule has 0 radical (unpaired) electrons. The van der Waals surface area contributed by atoms with Gasteiger partial charge in [-0.1, -0.05) is 0 Å². The fraction of sp³-hybridized carbons (Fsp3) is 0.364. The molecule has 0 amide bonds. The summed E-state index contributed by atoms with van der Waals surface area (Å²) in [4.78, 5) is 13.3. The second-order valence-electron chi connectivity index (χ2n) is 3.32. The molecule has 0 saturated carbocycles. The number of alkyl halides is 2. The van der Waals surface area contributed by atoms with E-state index in [-0.39, 0.29) is 12.1 Å². The molecule has 1 rings (SSSR count). The van der Waals surface area contributed by atoms with Crippen molar-refractivity contribution in [2.24, 2.45) is 4.99 Å². The number of rotatable bonds is 4. The van der Waals surface area contributed by atoms with Crippen LogP contribution in [-0.4, -0.2) is 13.2 Å². The van der Waals surface area contributed by atoms with Gasteiger partial charge in [-0.25, -0.2) is 18.6 Å². The molecular formula is C11H11F2NO2. The lowest BCUT2D eigenvalue weighted by molar-refractivity contribution is 0.0173. The first-order chi connectivity index (χ1) is 7.49. The Kier molecular flexibility index (Phi) is 3.74. The van der Waals surface area contributed by atoms with Crippen LogP contribution in [0.4, 0.5) is 8.78 Å². The number of ether oxygens (including phenoxy) is 1. The van der Waals surface area contributed by atoms with Gasteiger partial charge in [0.15, 0.2) is 0 Å². The highest BCUT2D eigenvalue weighted by Gasteiger charge is 2.25. The van der Waals surface area contributed by atoms with E-state index in [2.05, 4.69) is 4.99 Å². The lowest BCUT2D eigenvalue weighted by Gasteiger charge is -2.13. The van der Waals surface area contributed by atoms with Gasteiger partial charge in [0.25, 0.3) is 5.92 Å². The molecule has 0 spiro atoms. The Morgan fingerprint density at radius 2 is 2.19 bits per heavy atom. The van der Waals surface area contributed by atoms with Crippen molar-refractivity contribution in [3.05, 3.63) is 29.3 Å². The molecule has 86 valence electrons. The van der Waals surface area contributed by atoms with Crippen LogP contribution < -0.4 is 4.74 Å². The van der Waals surface area contributed by atoms with E-state index in [1.54, 1.807) is 0 Å². The molecular weight excluding hydrogens is 216 g/mol. The van der Waals surface area contributed by atoms with Crippen LogP contribution in [0.25, 0.3) is 0 Å². The summed E-state index contributed by atoms with van der Waals surface area (Å²) >= 11 is 0. The number of carbonyl (C=O) groups excluding carboxylic acids is 1. The first kappa shape index (κ1) is 12.3. The molecule has 0 aliphatic carbocycles. The number of halogens is 2. The molecule has 0 atom stereocenters. The molecule has 0 saturated heterocycles.